The molecule has 0 bridgehead atoms. The number of rotatable bonds is 4. The van der Waals surface area contributed by atoms with Crippen LogP contribution in [-0.2, 0) is 4.74 Å². The van der Waals surface area contributed by atoms with Crippen molar-refractivity contribution < 1.29 is 14.3 Å². The first kappa shape index (κ1) is 11.6. The average molecular weight is 208 g/mol. The van der Waals surface area contributed by atoms with E-state index in [0.29, 0.717) is 12.2 Å². The van der Waals surface area contributed by atoms with Crippen molar-refractivity contribution in [1.29, 1.82) is 0 Å². The topological polar surface area (TPSA) is 35.5 Å². The minimum absolute atomic E-state index is 0.337. The molecule has 15 heavy (non-hydrogen) atoms. The van der Waals surface area contributed by atoms with E-state index in [1.165, 1.54) is 7.11 Å². The maximum atomic E-state index is 11.3. The van der Waals surface area contributed by atoms with Gasteiger partial charge in [0.25, 0.3) is 0 Å². The molecule has 0 amide bonds. The number of ether oxygens (including phenoxy) is 2. The lowest BCUT2D eigenvalue weighted by atomic mass is 10.1. The summed E-state index contributed by atoms with van der Waals surface area (Å²) in [5, 5.41) is 0. The Morgan fingerprint density at radius 2 is 2.13 bits per heavy atom. The Bertz CT molecular complexity index is 345. The largest absolute Gasteiger partial charge is 0.493 e. The number of esters is 1. The quantitative estimate of drug-likeness (QED) is 0.713. The Balaban J connectivity index is 2.89. The van der Waals surface area contributed by atoms with E-state index >= 15 is 0 Å². The second kappa shape index (κ2) is 5.39. The number of aryl methyl sites for hydroxylation is 1. The van der Waals surface area contributed by atoms with Crippen LogP contribution >= 0.6 is 0 Å². The normalized spacial score (nSPS) is 9.80. The molecule has 0 spiro atoms. The number of benzene rings is 1. The molecule has 82 valence electrons. The Labute approximate surface area is 90.0 Å². The van der Waals surface area contributed by atoms with Crippen LogP contribution < -0.4 is 4.74 Å². The number of hydrogen-bond acceptors (Lipinski definition) is 3. The van der Waals surface area contributed by atoms with Crippen LogP contribution in [0.5, 0.6) is 5.75 Å². The van der Waals surface area contributed by atoms with Gasteiger partial charge >= 0.3 is 5.97 Å². The van der Waals surface area contributed by atoms with Gasteiger partial charge in [0, 0.05) is 0 Å². The molecule has 0 N–H and O–H groups in total. The van der Waals surface area contributed by atoms with Gasteiger partial charge in [-0.3, -0.25) is 0 Å². The first-order chi connectivity index (χ1) is 7.19. The fraction of sp³-hybridized carbons (Fsp3) is 0.417. The summed E-state index contributed by atoms with van der Waals surface area (Å²) < 4.78 is 10.2. The van der Waals surface area contributed by atoms with Gasteiger partial charge in [0.05, 0.1) is 19.3 Å². The molecule has 1 aromatic carbocycles. The monoisotopic (exact) mass is 208 g/mol. The Kier molecular flexibility index (Phi) is 4.16. The van der Waals surface area contributed by atoms with Gasteiger partial charge in [-0.2, -0.15) is 0 Å². The summed E-state index contributed by atoms with van der Waals surface area (Å²) in [6, 6.07) is 5.31. The van der Waals surface area contributed by atoms with Crippen LogP contribution in [-0.4, -0.2) is 19.7 Å². The summed E-state index contributed by atoms with van der Waals surface area (Å²) in [4.78, 5) is 11.3. The van der Waals surface area contributed by atoms with E-state index in [0.717, 1.165) is 17.7 Å². The molecule has 0 aliphatic rings. The van der Waals surface area contributed by atoms with E-state index in [-0.39, 0.29) is 5.97 Å². The predicted molar refractivity (Wildman–Crippen MR) is 58.3 cm³/mol. The van der Waals surface area contributed by atoms with Crippen LogP contribution in [0.25, 0.3) is 0 Å². The maximum absolute atomic E-state index is 11.3. The highest BCUT2D eigenvalue weighted by molar-refractivity contribution is 5.89. The van der Waals surface area contributed by atoms with Crippen LogP contribution in [0.2, 0.25) is 0 Å². The fourth-order valence-electron chi connectivity index (χ4n) is 1.21. The first-order valence-electron chi connectivity index (χ1n) is 5.00. The molecule has 0 aliphatic heterocycles. The summed E-state index contributed by atoms with van der Waals surface area (Å²) in [5.41, 5.74) is 1.55. The molecule has 3 heteroatoms. The second-order valence-corrected chi connectivity index (χ2v) is 3.32. The number of methoxy groups -OCH3 is 1. The van der Waals surface area contributed by atoms with E-state index in [2.05, 4.69) is 4.74 Å². The number of carbonyl (C=O) groups is 1. The number of carbonyl (C=O) groups excluding carboxylic acids is 1. The molecular weight excluding hydrogens is 192 g/mol. The highest BCUT2D eigenvalue weighted by Crippen LogP contribution is 2.20. The minimum Gasteiger partial charge on any atom is -0.493 e. The van der Waals surface area contributed by atoms with Gasteiger partial charge in [-0.05, 0) is 31.0 Å². The predicted octanol–water partition coefficient (Wildman–Crippen LogP) is 2.57. The third-order valence-electron chi connectivity index (χ3n) is 2.07. The molecule has 0 radical (unpaired) electrons. The third kappa shape index (κ3) is 2.98. The molecule has 0 atom stereocenters. The molecule has 0 saturated carbocycles. The molecule has 0 saturated heterocycles. The zero-order chi connectivity index (χ0) is 11.3. The average Bonchev–Trinajstić information content (AvgIpc) is 2.27. The summed E-state index contributed by atoms with van der Waals surface area (Å²) in [5.74, 6) is 0.413. The van der Waals surface area contributed by atoms with Gasteiger partial charge in [0.2, 0.25) is 0 Å². The van der Waals surface area contributed by atoms with Crippen molar-refractivity contribution in [3.8, 4) is 5.75 Å². The third-order valence-corrected chi connectivity index (χ3v) is 2.07. The van der Waals surface area contributed by atoms with Crippen molar-refractivity contribution >= 4 is 5.97 Å². The highest BCUT2D eigenvalue weighted by Gasteiger charge is 2.08. The van der Waals surface area contributed by atoms with Crippen molar-refractivity contribution in [1.82, 2.24) is 0 Å². The van der Waals surface area contributed by atoms with Gasteiger partial charge in [-0.25, -0.2) is 4.79 Å². The second-order valence-electron chi connectivity index (χ2n) is 3.32. The summed E-state index contributed by atoms with van der Waals surface area (Å²) in [7, 11) is 1.37. The maximum Gasteiger partial charge on any atom is 0.337 e. The van der Waals surface area contributed by atoms with Gasteiger partial charge in [0.1, 0.15) is 5.75 Å². The zero-order valence-corrected chi connectivity index (χ0v) is 9.37. The summed E-state index contributed by atoms with van der Waals surface area (Å²) in [6.45, 7) is 4.65. The van der Waals surface area contributed by atoms with Gasteiger partial charge in [-0.15, -0.1) is 0 Å². The van der Waals surface area contributed by atoms with Crippen molar-refractivity contribution in [2.24, 2.45) is 0 Å². The van der Waals surface area contributed by atoms with E-state index in [9.17, 15) is 4.79 Å². The van der Waals surface area contributed by atoms with Crippen LogP contribution in [0.3, 0.4) is 0 Å². The minimum atomic E-state index is -0.337. The zero-order valence-electron chi connectivity index (χ0n) is 9.37. The lowest BCUT2D eigenvalue weighted by molar-refractivity contribution is 0.0600. The molecule has 1 aromatic rings. The Morgan fingerprint density at radius 3 is 2.73 bits per heavy atom. The summed E-state index contributed by atoms with van der Waals surface area (Å²) >= 11 is 0. The van der Waals surface area contributed by atoms with Crippen molar-refractivity contribution in [2.75, 3.05) is 13.7 Å². The Morgan fingerprint density at radius 1 is 1.40 bits per heavy atom. The smallest absolute Gasteiger partial charge is 0.337 e. The van der Waals surface area contributed by atoms with E-state index < -0.39 is 0 Å². The van der Waals surface area contributed by atoms with Crippen molar-refractivity contribution in [3.63, 3.8) is 0 Å². The molecule has 0 heterocycles. The fourth-order valence-corrected chi connectivity index (χ4v) is 1.21. The molecule has 0 aliphatic carbocycles. The molecule has 0 aromatic heterocycles. The molecule has 0 unspecified atom stereocenters. The summed E-state index contributed by atoms with van der Waals surface area (Å²) in [6.07, 6.45) is 0.946. The van der Waals surface area contributed by atoms with Crippen molar-refractivity contribution in [2.45, 2.75) is 20.3 Å². The lowest BCUT2D eigenvalue weighted by Gasteiger charge is -2.09. The van der Waals surface area contributed by atoms with Gasteiger partial charge in [-0.1, -0.05) is 13.0 Å². The number of hydrogen-bond donors (Lipinski definition) is 0. The van der Waals surface area contributed by atoms with E-state index in [1.54, 1.807) is 12.1 Å². The SMILES string of the molecule is CCCOc1cc(C(=O)OC)ccc1C. The molecule has 0 fully saturated rings. The van der Waals surface area contributed by atoms with Crippen LogP contribution in [0.4, 0.5) is 0 Å². The van der Waals surface area contributed by atoms with E-state index in [4.69, 9.17) is 4.74 Å². The van der Waals surface area contributed by atoms with Gasteiger partial charge in [0.15, 0.2) is 0 Å². The molecule has 3 nitrogen and oxygen atoms in total. The van der Waals surface area contributed by atoms with Crippen molar-refractivity contribution in [3.05, 3.63) is 29.3 Å². The highest BCUT2D eigenvalue weighted by atomic mass is 16.5. The standard InChI is InChI=1S/C12H16O3/c1-4-7-15-11-8-10(12(13)14-3)6-5-9(11)2/h5-6,8H,4,7H2,1-3H3. The Hall–Kier alpha value is -1.51. The van der Waals surface area contributed by atoms with Crippen LogP contribution in [0, 0.1) is 6.92 Å². The molecule has 1 rings (SSSR count). The van der Waals surface area contributed by atoms with Gasteiger partial charge < -0.3 is 9.47 Å². The molecular formula is C12H16O3. The van der Waals surface area contributed by atoms with Crippen LogP contribution in [0.1, 0.15) is 29.3 Å². The van der Waals surface area contributed by atoms with Crippen LogP contribution in [0.15, 0.2) is 18.2 Å². The lowest BCUT2D eigenvalue weighted by Crippen LogP contribution is -2.03. The van der Waals surface area contributed by atoms with E-state index in [1.807, 2.05) is 19.9 Å². The first-order valence-corrected chi connectivity index (χ1v) is 5.00.